The van der Waals surface area contributed by atoms with Crippen LogP contribution in [-0.2, 0) is 32.7 Å². The van der Waals surface area contributed by atoms with Crippen molar-refractivity contribution in [1.82, 2.24) is 24.6 Å². The Labute approximate surface area is 269 Å². The summed E-state index contributed by atoms with van der Waals surface area (Å²) in [6.07, 6.45) is 0.829. The van der Waals surface area contributed by atoms with Crippen LogP contribution >= 0.6 is 19.5 Å². The number of hydrogen-bond donors (Lipinski definition) is 6. The highest BCUT2D eigenvalue weighted by atomic mass is 32.2. The SMILES string of the molecule is CCOC(=O)CCNP(=O)(OCCSC(=O)C(C)(C)CO)OC[C@H]1OC2(C)[C@@H](n3cnc4c(NC5CC5)nc(N)nc43)C2(O)C1O. The zero-order chi connectivity index (χ0) is 33.5. The first kappa shape index (κ1) is 34.9. The Morgan fingerprint density at radius 3 is 2.67 bits per heavy atom. The molecule has 2 aliphatic carbocycles. The number of hydrogen-bond acceptors (Lipinski definition) is 16. The molecule has 3 fully saturated rings. The molecule has 0 radical (unpaired) electrons. The summed E-state index contributed by atoms with van der Waals surface area (Å²) in [5.41, 5.74) is 2.81. The fourth-order valence-corrected chi connectivity index (χ4v) is 7.73. The first-order valence-corrected chi connectivity index (χ1v) is 17.6. The molecule has 17 nitrogen and oxygen atoms in total. The number of carbonyl (C=O) groups excluding carboxylic acids is 2. The van der Waals surface area contributed by atoms with E-state index in [1.54, 1.807) is 32.3 Å². The van der Waals surface area contributed by atoms with Gasteiger partial charge in [-0.05, 0) is 40.5 Å². The Bertz CT molecular complexity index is 1510. The van der Waals surface area contributed by atoms with Gasteiger partial charge in [0.25, 0.3) is 0 Å². The lowest BCUT2D eigenvalue weighted by Crippen LogP contribution is -2.40. The number of nitrogen functional groups attached to an aromatic ring is 1. The highest BCUT2D eigenvalue weighted by molar-refractivity contribution is 8.13. The third-order valence-corrected chi connectivity index (χ3v) is 11.2. The molecule has 6 atom stereocenters. The van der Waals surface area contributed by atoms with Crippen LogP contribution in [0.2, 0.25) is 0 Å². The molecule has 4 unspecified atom stereocenters. The van der Waals surface area contributed by atoms with Gasteiger partial charge in [-0.1, -0.05) is 11.8 Å². The summed E-state index contributed by atoms with van der Waals surface area (Å²) in [5.74, 6) is 0.117. The van der Waals surface area contributed by atoms with Crippen molar-refractivity contribution in [1.29, 1.82) is 0 Å². The molecule has 1 saturated heterocycles. The molecule has 7 N–H and O–H groups in total. The summed E-state index contributed by atoms with van der Waals surface area (Å²) in [5, 5.41) is 37.9. The standard InChI is InChI=1S/C27H42N7O10PS/c1-5-41-17(36)8-9-30-45(40,42-10-11-46-23(38)25(2,3)13-35)43-12-16-19(37)27(39)22(26(27,4)44-16)34-14-29-18-20(31-15-6-7-15)32-24(28)33-21(18)34/h14-16,19,22,35,37,39H,5-13H2,1-4H3,(H,30,40)(H3,28,31,32,33)/t16-,19?,22-,26?,27?,45?/m1/s1. The van der Waals surface area contributed by atoms with Crippen molar-refractivity contribution in [3.05, 3.63) is 6.33 Å². The molecule has 3 aliphatic rings. The Balaban J connectivity index is 1.23. The molecule has 3 heterocycles. The van der Waals surface area contributed by atoms with Gasteiger partial charge in [0.05, 0.1) is 44.6 Å². The second-order valence-corrected chi connectivity index (χ2v) is 15.3. The number of rotatable bonds is 17. The van der Waals surface area contributed by atoms with E-state index in [1.165, 1.54) is 6.33 Å². The molecule has 19 heteroatoms. The highest BCUT2D eigenvalue weighted by Gasteiger charge is 2.85. The Morgan fingerprint density at radius 2 is 2.04 bits per heavy atom. The highest BCUT2D eigenvalue weighted by Crippen LogP contribution is 2.68. The number of carbonyl (C=O) groups is 2. The van der Waals surface area contributed by atoms with E-state index in [0.29, 0.717) is 17.0 Å². The van der Waals surface area contributed by atoms with E-state index < -0.39 is 55.2 Å². The van der Waals surface area contributed by atoms with Gasteiger partial charge in [-0.25, -0.2) is 14.6 Å². The number of nitrogens with zero attached hydrogens (tertiary/aromatic N) is 4. The van der Waals surface area contributed by atoms with Gasteiger partial charge in [0.2, 0.25) is 5.95 Å². The number of nitrogens with one attached hydrogen (secondary N) is 2. The third kappa shape index (κ3) is 6.77. The average Bonchev–Trinajstić information content (AvgIpc) is 3.83. The molecule has 2 aromatic heterocycles. The van der Waals surface area contributed by atoms with E-state index in [4.69, 9.17) is 24.3 Å². The maximum Gasteiger partial charge on any atom is 0.405 e. The van der Waals surface area contributed by atoms with Crippen LogP contribution in [0.1, 0.15) is 53.0 Å². The molecule has 5 rings (SSSR count). The van der Waals surface area contributed by atoms with Crippen LogP contribution in [0.5, 0.6) is 0 Å². The van der Waals surface area contributed by atoms with E-state index in [1.807, 2.05) is 0 Å². The molecular weight excluding hydrogens is 645 g/mol. The quantitative estimate of drug-likeness (QED) is 0.0763. The number of aromatic nitrogens is 4. The monoisotopic (exact) mass is 687 g/mol. The smallest absolute Gasteiger partial charge is 0.405 e. The predicted octanol–water partition coefficient (Wildman–Crippen LogP) is 0.749. The van der Waals surface area contributed by atoms with Crippen LogP contribution in [-0.4, -0.2) is 114 Å². The van der Waals surface area contributed by atoms with Crippen LogP contribution in [0.25, 0.3) is 11.2 Å². The van der Waals surface area contributed by atoms with Gasteiger partial charge in [-0.2, -0.15) is 9.97 Å². The number of ether oxygens (including phenoxy) is 2. The normalized spacial score (nSPS) is 28.5. The van der Waals surface area contributed by atoms with Gasteiger partial charge in [-0.15, -0.1) is 0 Å². The molecule has 2 saturated carbocycles. The molecule has 0 spiro atoms. The van der Waals surface area contributed by atoms with Crippen molar-refractivity contribution in [3.8, 4) is 0 Å². The second-order valence-electron chi connectivity index (χ2n) is 12.4. The van der Waals surface area contributed by atoms with Gasteiger partial charge in [0.1, 0.15) is 29.5 Å². The maximum absolute atomic E-state index is 13.6. The number of fused-ring (bicyclic) bond motifs is 2. The van der Waals surface area contributed by atoms with E-state index >= 15 is 0 Å². The lowest BCUT2D eigenvalue weighted by atomic mass is 9.97. The minimum Gasteiger partial charge on any atom is -0.466 e. The van der Waals surface area contributed by atoms with Crippen molar-refractivity contribution in [2.75, 3.05) is 49.8 Å². The zero-order valence-electron chi connectivity index (χ0n) is 26.2. The van der Waals surface area contributed by atoms with E-state index in [0.717, 1.165) is 24.6 Å². The molecule has 0 amide bonds. The average molecular weight is 688 g/mol. The van der Waals surface area contributed by atoms with Crippen molar-refractivity contribution < 1.29 is 48.0 Å². The number of esters is 1. The van der Waals surface area contributed by atoms with Gasteiger partial charge in [-0.3, -0.25) is 18.6 Å². The lowest BCUT2D eigenvalue weighted by Gasteiger charge is -2.26. The fraction of sp³-hybridized carbons (Fsp3) is 0.741. The number of thioether (sulfide) groups is 1. The summed E-state index contributed by atoms with van der Waals surface area (Å²) in [6.45, 7) is 5.65. The molecule has 256 valence electrons. The molecule has 1 aliphatic heterocycles. The van der Waals surface area contributed by atoms with Gasteiger partial charge in [0.15, 0.2) is 22.1 Å². The van der Waals surface area contributed by atoms with Crippen LogP contribution in [0.3, 0.4) is 0 Å². The maximum atomic E-state index is 13.6. The van der Waals surface area contributed by atoms with Crippen molar-refractivity contribution in [3.63, 3.8) is 0 Å². The molecular formula is C27H42N7O10PS. The first-order valence-electron chi connectivity index (χ1n) is 15.1. The van der Waals surface area contributed by atoms with Gasteiger partial charge in [0, 0.05) is 18.3 Å². The first-order chi connectivity index (χ1) is 21.7. The number of anilines is 2. The number of aliphatic hydroxyl groups excluding tert-OH is 2. The largest absolute Gasteiger partial charge is 0.466 e. The minimum atomic E-state index is -4.10. The van der Waals surface area contributed by atoms with Crippen LogP contribution in [0.15, 0.2) is 6.33 Å². The Hall–Kier alpha value is -2.41. The second kappa shape index (κ2) is 13.2. The zero-order valence-corrected chi connectivity index (χ0v) is 27.9. The third-order valence-electron chi connectivity index (χ3n) is 8.36. The van der Waals surface area contributed by atoms with Crippen molar-refractivity contribution in [2.45, 2.75) is 82.5 Å². The number of nitrogens with two attached hydrogens (primary N) is 1. The minimum absolute atomic E-state index is 0.0270. The number of aliphatic hydroxyl groups is 3. The Morgan fingerprint density at radius 1 is 1.30 bits per heavy atom. The lowest BCUT2D eigenvalue weighted by molar-refractivity contribution is -0.142. The molecule has 46 heavy (non-hydrogen) atoms. The summed E-state index contributed by atoms with van der Waals surface area (Å²) in [4.78, 5) is 37.2. The van der Waals surface area contributed by atoms with Crippen LogP contribution in [0, 0.1) is 5.41 Å². The van der Waals surface area contributed by atoms with Gasteiger partial charge >= 0.3 is 13.7 Å². The van der Waals surface area contributed by atoms with E-state index in [2.05, 4.69) is 25.4 Å². The summed E-state index contributed by atoms with van der Waals surface area (Å²) in [6, 6.07) is -0.488. The van der Waals surface area contributed by atoms with E-state index in [9.17, 15) is 29.5 Å². The topological polar surface area (TPSA) is 242 Å². The summed E-state index contributed by atoms with van der Waals surface area (Å²) in [7, 11) is -4.10. The van der Waals surface area contributed by atoms with Crippen molar-refractivity contribution >= 4 is 53.5 Å². The fourth-order valence-electron chi connectivity index (χ4n) is 5.48. The molecule has 0 aromatic carbocycles. The van der Waals surface area contributed by atoms with Crippen molar-refractivity contribution in [2.24, 2.45) is 5.41 Å². The predicted molar refractivity (Wildman–Crippen MR) is 167 cm³/mol. The Kier molecular flexibility index (Phi) is 10.0. The van der Waals surface area contributed by atoms with Crippen LogP contribution in [0.4, 0.5) is 11.8 Å². The van der Waals surface area contributed by atoms with E-state index in [-0.39, 0.29) is 55.6 Å². The molecule has 0 bridgehead atoms. The summed E-state index contributed by atoms with van der Waals surface area (Å²) < 4.78 is 37.4. The van der Waals surface area contributed by atoms with Gasteiger partial charge < -0.3 is 40.4 Å². The number of imidazole rings is 1. The summed E-state index contributed by atoms with van der Waals surface area (Å²) >= 11 is 0.911. The molecule has 2 aromatic rings. The van der Waals surface area contributed by atoms with Crippen LogP contribution < -0.4 is 16.1 Å².